The molecular formula is C14H22N4O3. The molecule has 0 bridgehead atoms. The Morgan fingerprint density at radius 1 is 1.29 bits per heavy atom. The summed E-state index contributed by atoms with van der Waals surface area (Å²) in [7, 11) is 0. The van der Waals surface area contributed by atoms with Crippen molar-refractivity contribution in [3.8, 4) is 0 Å². The number of aromatic nitrogens is 2. The van der Waals surface area contributed by atoms with Crippen LogP contribution >= 0.6 is 0 Å². The quantitative estimate of drug-likeness (QED) is 0.836. The Hall–Kier alpha value is -2.05. The topological polar surface area (TPSA) is 67.7 Å². The van der Waals surface area contributed by atoms with E-state index in [1.54, 1.807) is 27.6 Å². The van der Waals surface area contributed by atoms with E-state index >= 15 is 0 Å². The van der Waals surface area contributed by atoms with Crippen LogP contribution in [0.2, 0.25) is 0 Å². The molecule has 1 atom stereocenters. The summed E-state index contributed by atoms with van der Waals surface area (Å²) in [5.74, 6) is 0.0293. The molecule has 2 rings (SSSR count). The van der Waals surface area contributed by atoms with E-state index in [1.807, 2.05) is 20.0 Å². The van der Waals surface area contributed by atoms with E-state index in [2.05, 4.69) is 5.10 Å². The number of carbonyl (C=O) groups excluding carboxylic acids is 2. The van der Waals surface area contributed by atoms with Gasteiger partial charge in [-0.05, 0) is 26.3 Å². The molecule has 1 saturated heterocycles. The van der Waals surface area contributed by atoms with Crippen molar-refractivity contribution in [1.29, 1.82) is 0 Å². The lowest BCUT2D eigenvalue weighted by molar-refractivity contribution is -0.136. The minimum absolute atomic E-state index is 0.0293. The summed E-state index contributed by atoms with van der Waals surface area (Å²) in [5.41, 5.74) is 1.03. The summed E-state index contributed by atoms with van der Waals surface area (Å²) >= 11 is 0. The number of ether oxygens (including phenoxy) is 1. The Bertz CT molecular complexity index is 506. The van der Waals surface area contributed by atoms with Crippen LogP contribution in [0.15, 0.2) is 12.4 Å². The normalized spacial score (nSPS) is 16.7. The summed E-state index contributed by atoms with van der Waals surface area (Å²) in [4.78, 5) is 27.5. The summed E-state index contributed by atoms with van der Waals surface area (Å²) in [6.07, 6.45) is 3.29. The van der Waals surface area contributed by atoms with Crippen molar-refractivity contribution < 1.29 is 14.3 Å². The molecule has 0 saturated carbocycles. The lowest BCUT2D eigenvalue weighted by atomic mass is 10.2. The highest BCUT2D eigenvalue weighted by Gasteiger charge is 2.28. The fourth-order valence-corrected chi connectivity index (χ4v) is 2.35. The van der Waals surface area contributed by atoms with Crippen LogP contribution in [0, 0.1) is 6.92 Å². The number of amides is 2. The first-order chi connectivity index (χ1) is 10.0. The second-order valence-corrected chi connectivity index (χ2v) is 5.18. The van der Waals surface area contributed by atoms with Crippen LogP contribution < -0.4 is 0 Å². The zero-order chi connectivity index (χ0) is 15.4. The molecule has 2 amide bonds. The van der Waals surface area contributed by atoms with Gasteiger partial charge in [0.25, 0.3) is 0 Å². The van der Waals surface area contributed by atoms with Crippen LogP contribution in [0.4, 0.5) is 4.79 Å². The smallest absolute Gasteiger partial charge is 0.409 e. The van der Waals surface area contributed by atoms with Gasteiger partial charge in [0.1, 0.15) is 6.04 Å². The molecule has 1 fully saturated rings. The fourth-order valence-electron chi connectivity index (χ4n) is 2.35. The van der Waals surface area contributed by atoms with Crippen molar-refractivity contribution in [3.05, 3.63) is 18.0 Å². The molecule has 21 heavy (non-hydrogen) atoms. The van der Waals surface area contributed by atoms with E-state index in [0.29, 0.717) is 32.8 Å². The maximum atomic E-state index is 12.4. The van der Waals surface area contributed by atoms with E-state index in [-0.39, 0.29) is 18.0 Å². The van der Waals surface area contributed by atoms with Gasteiger partial charge in [-0.2, -0.15) is 5.10 Å². The third-order valence-electron chi connectivity index (χ3n) is 3.60. The fraction of sp³-hybridized carbons (Fsp3) is 0.643. The Morgan fingerprint density at radius 3 is 2.43 bits per heavy atom. The predicted octanol–water partition coefficient (Wildman–Crippen LogP) is 1.05. The molecule has 1 unspecified atom stereocenters. The van der Waals surface area contributed by atoms with Crippen LogP contribution in [-0.2, 0) is 9.53 Å². The summed E-state index contributed by atoms with van der Waals surface area (Å²) in [6.45, 7) is 8.01. The first-order valence-electron chi connectivity index (χ1n) is 7.24. The van der Waals surface area contributed by atoms with Gasteiger partial charge in [-0.1, -0.05) is 0 Å². The maximum Gasteiger partial charge on any atom is 0.409 e. The highest BCUT2D eigenvalue weighted by Crippen LogP contribution is 2.13. The molecule has 7 heteroatoms. The second-order valence-electron chi connectivity index (χ2n) is 5.18. The van der Waals surface area contributed by atoms with Gasteiger partial charge in [-0.3, -0.25) is 9.48 Å². The predicted molar refractivity (Wildman–Crippen MR) is 76.9 cm³/mol. The Balaban J connectivity index is 1.89. The Kier molecular flexibility index (Phi) is 4.82. The average molecular weight is 294 g/mol. The van der Waals surface area contributed by atoms with Gasteiger partial charge < -0.3 is 14.5 Å². The van der Waals surface area contributed by atoms with Crippen molar-refractivity contribution in [1.82, 2.24) is 19.6 Å². The van der Waals surface area contributed by atoms with Gasteiger partial charge in [0.15, 0.2) is 0 Å². The Morgan fingerprint density at radius 2 is 1.90 bits per heavy atom. The lowest BCUT2D eigenvalue weighted by Crippen LogP contribution is -2.52. The maximum absolute atomic E-state index is 12.4. The van der Waals surface area contributed by atoms with Crippen molar-refractivity contribution >= 4 is 12.0 Å². The first-order valence-corrected chi connectivity index (χ1v) is 7.24. The molecule has 116 valence electrons. The highest BCUT2D eigenvalue weighted by atomic mass is 16.6. The molecule has 0 aliphatic carbocycles. The number of aryl methyl sites for hydroxylation is 1. The summed E-state index contributed by atoms with van der Waals surface area (Å²) < 4.78 is 6.64. The molecular weight excluding hydrogens is 272 g/mol. The number of nitrogens with zero attached hydrogens (tertiary/aromatic N) is 4. The zero-order valence-corrected chi connectivity index (χ0v) is 12.8. The third kappa shape index (κ3) is 3.53. The molecule has 2 heterocycles. The monoisotopic (exact) mass is 294 g/mol. The molecule has 0 spiro atoms. The van der Waals surface area contributed by atoms with E-state index in [0.717, 1.165) is 5.56 Å². The van der Waals surface area contributed by atoms with Crippen molar-refractivity contribution in [2.24, 2.45) is 0 Å². The third-order valence-corrected chi connectivity index (χ3v) is 3.60. The van der Waals surface area contributed by atoms with E-state index in [4.69, 9.17) is 4.74 Å². The van der Waals surface area contributed by atoms with E-state index < -0.39 is 0 Å². The lowest BCUT2D eigenvalue weighted by Gasteiger charge is -2.35. The molecule has 1 aromatic heterocycles. The molecule has 7 nitrogen and oxygen atoms in total. The first kappa shape index (κ1) is 15.3. The van der Waals surface area contributed by atoms with E-state index in [1.165, 1.54) is 0 Å². The van der Waals surface area contributed by atoms with Crippen molar-refractivity contribution in [2.75, 3.05) is 32.8 Å². The molecule has 0 N–H and O–H groups in total. The van der Waals surface area contributed by atoms with Gasteiger partial charge >= 0.3 is 6.09 Å². The highest BCUT2D eigenvalue weighted by molar-refractivity contribution is 5.80. The van der Waals surface area contributed by atoms with Crippen LogP contribution in [0.25, 0.3) is 0 Å². The standard InChI is InChI=1S/C14H22N4O3/c1-4-21-14(20)17-7-5-16(6-8-17)13(19)12(3)18-10-11(2)9-15-18/h9-10,12H,4-8H2,1-3H3. The second kappa shape index (κ2) is 6.60. The van der Waals surface area contributed by atoms with Gasteiger partial charge in [0.2, 0.25) is 5.91 Å². The molecule has 1 aliphatic rings. The number of hydrogen-bond acceptors (Lipinski definition) is 4. The molecule has 1 aromatic rings. The summed E-state index contributed by atoms with van der Waals surface area (Å²) in [5, 5.41) is 4.18. The van der Waals surface area contributed by atoms with Crippen LogP contribution in [0.5, 0.6) is 0 Å². The van der Waals surface area contributed by atoms with Crippen molar-refractivity contribution in [2.45, 2.75) is 26.8 Å². The number of piperazine rings is 1. The number of hydrogen-bond donors (Lipinski definition) is 0. The molecule has 1 aliphatic heterocycles. The van der Waals surface area contributed by atoms with Crippen LogP contribution in [0.1, 0.15) is 25.5 Å². The number of rotatable bonds is 3. The SMILES string of the molecule is CCOC(=O)N1CCN(C(=O)C(C)n2cc(C)cn2)CC1. The van der Waals surface area contributed by atoms with Crippen molar-refractivity contribution in [3.63, 3.8) is 0 Å². The molecule has 0 radical (unpaired) electrons. The summed E-state index contributed by atoms with van der Waals surface area (Å²) in [6, 6.07) is -0.326. The number of carbonyl (C=O) groups is 2. The van der Waals surface area contributed by atoms with Crippen LogP contribution in [0.3, 0.4) is 0 Å². The van der Waals surface area contributed by atoms with Gasteiger partial charge in [0.05, 0.1) is 12.8 Å². The minimum Gasteiger partial charge on any atom is -0.450 e. The van der Waals surface area contributed by atoms with Gasteiger partial charge in [-0.15, -0.1) is 0 Å². The zero-order valence-electron chi connectivity index (χ0n) is 12.8. The van der Waals surface area contributed by atoms with Gasteiger partial charge in [0, 0.05) is 32.4 Å². The van der Waals surface area contributed by atoms with Gasteiger partial charge in [-0.25, -0.2) is 4.79 Å². The molecule has 0 aromatic carbocycles. The van der Waals surface area contributed by atoms with E-state index in [9.17, 15) is 9.59 Å². The average Bonchev–Trinajstić information content (AvgIpc) is 2.92. The Labute approximate surface area is 124 Å². The van der Waals surface area contributed by atoms with Crippen LogP contribution in [-0.4, -0.2) is 64.4 Å². The largest absolute Gasteiger partial charge is 0.450 e. The minimum atomic E-state index is -0.326.